The molecule has 9 heteroatoms. The molecule has 0 bridgehead atoms. The average molecular weight is 286 g/mol. The number of aromatic nitrogens is 3. The number of rotatable bonds is 5. The van der Waals surface area contributed by atoms with Gasteiger partial charge in [-0.05, 0) is 13.8 Å². The van der Waals surface area contributed by atoms with Crippen molar-refractivity contribution in [2.75, 3.05) is 0 Å². The van der Waals surface area contributed by atoms with Crippen molar-refractivity contribution in [2.45, 2.75) is 32.0 Å². The molecule has 2 aromatic heterocycles. The highest BCUT2D eigenvalue weighted by Gasteiger charge is 2.21. The van der Waals surface area contributed by atoms with E-state index in [4.69, 9.17) is 9.63 Å². The summed E-state index contributed by atoms with van der Waals surface area (Å²) in [6, 6.07) is 0. The van der Waals surface area contributed by atoms with E-state index in [0.29, 0.717) is 17.0 Å². The zero-order valence-electron chi connectivity index (χ0n) is 10.5. The van der Waals surface area contributed by atoms with Gasteiger partial charge in [-0.1, -0.05) is 5.16 Å². The highest BCUT2D eigenvalue weighted by molar-refractivity contribution is 7.89. The second-order valence-corrected chi connectivity index (χ2v) is 5.71. The van der Waals surface area contributed by atoms with Gasteiger partial charge in [0.25, 0.3) is 10.0 Å². The zero-order valence-corrected chi connectivity index (χ0v) is 11.3. The molecule has 0 aliphatic carbocycles. The molecule has 0 spiro atoms. The quantitative estimate of drug-likeness (QED) is 0.710. The minimum atomic E-state index is -3.77. The first-order valence-corrected chi connectivity index (χ1v) is 6.98. The van der Waals surface area contributed by atoms with E-state index in [2.05, 4.69) is 20.1 Å². The molecule has 3 N–H and O–H groups in total. The van der Waals surface area contributed by atoms with Crippen LogP contribution in [-0.2, 0) is 23.2 Å². The van der Waals surface area contributed by atoms with Crippen molar-refractivity contribution in [2.24, 2.45) is 0 Å². The smallest absolute Gasteiger partial charge is 0.258 e. The normalized spacial score (nSPS) is 11.9. The number of aliphatic hydroxyl groups excluding tert-OH is 1. The highest BCUT2D eigenvalue weighted by atomic mass is 32.2. The predicted octanol–water partition coefficient (Wildman–Crippen LogP) is -0.0147. The van der Waals surface area contributed by atoms with Crippen molar-refractivity contribution in [3.8, 4) is 0 Å². The molecule has 0 aromatic carbocycles. The summed E-state index contributed by atoms with van der Waals surface area (Å²) in [4.78, 5) is 0. The van der Waals surface area contributed by atoms with Gasteiger partial charge in [-0.3, -0.25) is 5.10 Å². The van der Waals surface area contributed by atoms with Crippen molar-refractivity contribution < 1.29 is 18.0 Å². The van der Waals surface area contributed by atoms with Crippen LogP contribution in [0.5, 0.6) is 0 Å². The number of hydrogen-bond donors (Lipinski definition) is 3. The van der Waals surface area contributed by atoms with E-state index in [1.54, 1.807) is 13.8 Å². The molecule has 0 saturated carbocycles. The van der Waals surface area contributed by atoms with E-state index in [1.807, 2.05) is 0 Å². The van der Waals surface area contributed by atoms with Crippen LogP contribution >= 0.6 is 0 Å². The van der Waals surface area contributed by atoms with Gasteiger partial charge in [0.15, 0.2) is 5.03 Å². The van der Waals surface area contributed by atoms with Crippen molar-refractivity contribution in [1.29, 1.82) is 0 Å². The number of nitrogens with zero attached hydrogens (tertiary/aromatic N) is 2. The lowest BCUT2D eigenvalue weighted by Gasteiger charge is -2.05. The summed E-state index contributed by atoms with van der Waals surface area (Å²) in [5.41, 5.74) is 1.53. The zero-order chi connectivity index (χ0) is 14.0. The third-order valence-electron chi connectivity index (χ3n) is 2.74. The largest absolute Gasteiger partial charge is 0.392 e. The average Bonchev–Trinajstić information content (AvgIpc) is 2.95. The molecule has 8 nitrogen and oxygen atoms in total. The van der Waals surface area contributed by atoms with Crippen LogP contribution in [0.15, 0.2) is 15.7 Å². The first-order chi connectivity index (χ1) is 8.95. The van der Waals surface area contributed by atoms with Gasteiger partial charge >= 0.3 is 0 Å². The van der Waals surface area contributed by atoms with Crippen LogP contribution in [0.1, 0.15) is 22.6 Å². The van der Waals surface area contributed by atoms with Crippen LogP contribution < -0.4 is 4.72 Å². The van der Waals surface area contributed by atoms with E-state index >= 15 is 0 Å². The fourth-order valence-corrected chi connectivity index (χ4v) is 2.75. The molecule has 0 aliphatic heterocycles. The standard InChI is InChI=1S/C10H14N4O4S/c1-6-9(7(2)18-14-6)4-12-19(16,17)10-8(5-15)3-11-13-10/h3,12,15H,4-5H2,1-2H3,(H,11,13). The Hall–Kier alpha value is -1.71. The lowest BCUT2D eigenvalue weighted by atomic mass is 10.2. The van der Waals surface area contributed by atoms with Gasteiger partial charge in [0.2, 0.25) is 0 Å². The molecule has 0 fully saturated rings. The molecule has 2 rings (SSSR count). The summed E-state index contributed by atoms with van der Waals surface area (Å²) in [7, 11) is -3.77. The molecule has 19 heavy (non-hydrogen) atoms. The Balaban J connectivity index is 2.19. The van der Waals surface area contributed by atoms with E-state index in [0.717, 1.165) is 0 Å². The molecule has 0 unspecified atom stereocenters. The molecule has 0 radical (unpaired) electrons. The highest BCUT2D eigenvalue weighted by Crippen LogP contribution is 2.15. The van der Waals surface area contributed by atoms with Gasteiger partial charge in [-0.25, -0.2) is 13.1 Å². The fourth-order valence-electron chi connectivity index (χ4n) is 1.64. The molecule has 2 aromatic rings. The monoisotopic (exact) mass is 286 g/mol. The second-order valence-electron chi connectivity index (χ2n) is 4.01. The summed E-state index contributed by atoms with van der Waals surface area (Å²) in [6.45, 7) is 3.10. The van der Waals surface area contributed by atoms with Crippen molar-refractivity contribution in [3.63, 3.8) is 0 Å². The molecule has 104 valence electrons. The first kappa shape index (κ1) is 13.7. The maximum Gasteiger partial charge on any atom is 0.258 e. The molecule has 0 saturated heterocycles. The fraction of sp³-hybridized carbons (Fsp3) is 0.400. The summed E-state index contributed by atoms with van der Waals surface area (Å²) < 4.78 is 31.5. The summed E-state index contributed by atoms with van der Waals surface area (Å²) in [5, 5.41) is 18.6. The van der Waals surface area contributed by atoms with Gasteiger partial charge < -0.3 is 9.63 Å². The summed E-state index contributed by atoms with van der Waals surface area (Å²) in [6.07, 6.45) is 1.27. The molecule has 0 amide bonds. The predicted molar refractivity (Wildman–Crippen MR) is 64.5 cm³/mol. The van der Waals surface area contributed by atoms with Crippen LogP contribution in [0.2, 0.25) is 0 Å². The number of aromatic amines is 1. The molecule has 0 aliphatic rings. The van der Waals surface area contributed by atoms with E-state index in [1.165, 1.54) is 6.20 Å². The van der Waals surface area contributed by atoms with Crippen molar-refractivity contribution in [3.05, 3.63) is 28.8 Å². The number of hydrogen-bond acceptors (Lipinski definition) is 6. The van der Waals surface area contributed by atoms with Gasteiger partial charge in [-0.15, -0.1) is 0 Å². The lowest BCUT2D eigenvalue weighted by molar-refractivity contribution is 0.278. The number of nitrogens with one attached hydrogen (secondary N) is 2. The van der Waals surface area contributed by atoms with Crippen LogP contribution in [0.3, 0.4) is 0 Å². The van der Waals surface area contributed by atoms with E-state index in [-0.39, 0.29) is 17.1 Å². The Morgan fingerprint density at radius 3 is 2.79 bits per heavy atom. The van der Waals surface area contributed by atoms with Crippen molar-refractivity contribution in [1.82, 2.24) is 20.1 Å². The van der Waals surface area contributed by atoms with Crippen LogP contribution in [0, 0.1) is 13.8 Å². The SMILES string of the molecule is Cc1noc(C)c1CNS(=O)(=O)c1[nH]ncc1CO. The summed E-state index contributed by atoms with van der Waals surface area (Å²) in [5.74, 6) is 0.562. The first-order valence-electron chi connectivity index (χ1n) is 5.50. The van der Waals surface area contributed by atoms with Gasteiger partial charge in [-0.2, -0.15) is 5.10 Å². The number of aliphatic hydroxyl groups is 1. The Morgan fingerprint density at radius 1 is 1.47 bits per heavy atom. The van der Waals surface area contributed by atoms with Crippen LogP contribution in [0.4, 0.5) is 0 Å². The Kier molecular flexibility index (Phi) is 3.69. The van der Waals surface area contributed by atoms with Crippen molar-refractivity contribution >= 4 is 10.0 Å². The van der Waals surface area contributed by atoms with E-state index < -0.39 is 16.6 Å². The third-order valence-corrected chi connectivity index (χ3v) is 4.15. The second kappa shape index (κ2) is 5.11. The topological polar surface area (TPSA) is 121 Å². The van der Waals surface area contributed by atoms with Gasteiger partial charge in [0.05, 0.1) is 18.5 Å². The molecule has 0 atom stereocenters. The Bertz CT molecular complexity index is 654. The maximum absolute atomic E-state index is 12.0. The van der Waals surface area contributed by atoms with Gasteiger partial charge in [0.1, 0.15) is 5.76 Å². The number of sulfonamides is 1. The van der Waals surface area contributed by atoms with Crippen LogP contribution in [0.25, 0.3) is 0 Å². The Labute approximate surface area is 109 Å². The van der Waals surface area contributed by atoms with E-state index in [9.17, 15) is 8.42 Å². The lowest BCUT2D eigenvalue weighted by Crippen LogP contribution is -2.25. The molecular formula is C10H14N4O4S. The van der Waals surface area contributed by atoms with Gasteiger partial charge in [0, 0.05) is 17.7 Å². The Morgan fingerprint density at radius 2 is 2.21 bits per heavy atom. The summed E-state index contributed by atoms with van der Waals surface area (Å²) >= 11 is 0. The minimum Gasteiger partial charge on any atom is -0.392 e. The van der Waals surface area contributed by atoms with Crippen LogP contribution in [-0.4, -0.2) is 28.9 Å². The molecular weight excluding hydrogens is 272 g/mol. The molecule has 2 heterocycles. The maximum atomic E-state index is 12.0. The number of aryl methyl sites for hydroxylation is 2. The third kappa shape index (κ3) is 2.67. The number of H-pyrrole nitrogens is 1. The minimum absolute atomic E-state index is 0.0629.